The molecule has 1 aliphatic rings. The SMILES string of the molecule is CC(C)CC1(CCOC(C)(C)C)CNC1. The first-order chi connectivity index (χ1) is 6.83. The van der Waals surface area contributed by atoms with Crippen LogP contribution in [0.2, 0.25) is 0 Å². The molecule has 0 aromatic heterocycles. The summed E-state index contributed by atoms with van der Waals surface area (Å²) < 4.78 is 5.81. The highest BCUT2D eigenvalue weighted by Crippen LogP contribution is 2.34. The fraction of sp³-hybridized carbons (Fsp3) is 1.00. The summed E-state index contributed by atoms with van der Waals surface area (Å²) >= 11 is 0. The third kappa shape index (κ3) is 4.52. The van der Waals surface area contributed by atoms with Gasteiger partial charge in [-0.1, -0.05) is 13.8 Å². The number of hydrogen-bond donors (Lipinski definition) is 1. The molecule has 0 radical (unpaired) electrons. The van der Waals surface area contributed by atoms with Crippen molar-refractivity contribution in [2.45, 2.75) is 53.1 Å². The van der Waals surface area contributed by atoms with Crippen LogP contribution < -0.4 is 5.32 Å². The van der Waals surface area contributed by atoms with Crippen molar-refractivity contribution < 1.29 is 4.74 Å². The molecule has 0 aromatic carbocycles. The minimum atomic E-state index is 0.0101. The topological polar surface area (TPSA) is 21.3 Å². The van der Waals surface area contributed by atoms with Crippen LogP contribution in [-0.4, -0.2) is 25.3 Å². The molecule has 1 heterocycles. The summed E-state index contributed by atoms with van der Waals surface area (Å²) in [5.41, 5.74) is 0.537. The number of ether oxygens (including phenoxy) is 1. The molecule has 0 bridgehead atoms. The van der Waals surface area contributed by atoms with Crippen LogP contribution in [0, 0.1) is 11.3 Å². The molecule has 0 amide bonds. The summed E-state index contributed by atoms with van der Waals surface area (Å²) in [6.45, 7) is 14.3. The number of rotatable bonds is 5. The lowest BCUT2D eigenvalue weighted by Gasteiger charge is -2.44. The van der Waals surface area contributed by atoms with Crippen LogP contribution in [0.5, 0.6) is 0 Å². The van der Waals surface area contributed by atoms with Crippen molar-refractivity contribution in [3.8, 4) is 0 Å². The van der Waals surface area contributed by atoms with Gasteiger partial charge in [0, 0.05) is 19.7 Å². The molecule has 90 valence electrons. The van der Waals surface area contributed by atoms with Crippen molar-refractivity contribution in [1.82, 2.24) is 5.32 Å². The molecule has 0 aliphatic carbocycles. The highest BCUT2D eigenvalue weighted by atomic mass is 16.5. The fourth-order valence-electron chi connectivity index (χ4n) is 2.34. The first-order valence-electron chi connectivity index (χ1n) is 6.18. The summed E-state index contributed by atoms with van der Waals surface area (Å²) in [6, 6.07) is 0. The zero-order valence-electron chi connectivity index (χ0n) is 11.0. The molecule has 1 fully saturated rings. The van der Waals surface area contributed by atoms with Gasteiger partial charge in [-0.05, 0) is 44.9 Å². The second-order valence-electron chi connectivity index (χ2n) is 6.41. The van der Waals surface area contributed by atoms with Gasteiger partial charge in [0.05, 0.1) is 5.60 Å². The van der Waals surface area contributed by atoms with Crippen LogP contribution in [-0.2, 0) is 4.74 Å². The summed E-state index contributed by atoms with van der Waals surface area (Å²) in [7, 11) is 0. The van der Waals surface area contributed by atoms with Gasteiger partial charge in [-0.25, -0.2) is 0 Å². The predicted octanol–water partition coefficient (Wildman–Crippen LogP) is 2.83. The molecule has 15 heavy (non-hydrogen) atoms. The van der Waals surface area contributed by atoms with E-state index >= 15 is 0 Å². The second kappa shape index (κ2) is 4.84. The fourth-order valence-corrected chi connectivity index (χ4v) is 2.34. The van der Waals surface area contributed by atoms with Gasteiger partial charge in [0.15, 0.2) is 0 Å². The van der Waals surface area contributed by atoms with Crippen LogP contribution in [0.3, 0.4) is 0 Å². The van der Waals surface area contributed by atoms with Crippen molar-refractivity contribution >= 4 is 0 Å². The molecule has 1 N–H and O–H groups in total. The normalized spacial score (nSPS) is 20.4. The number of hydrogen-bond acceptors (Lipinski definition) is 2. The van der Waals surface area contributed by atoms with Crippen LogP contribution in [0.15, 0.2) is 0 Å². The molecule has 0 saturated carbocycles. The van der Waals surface area contributed by atoms with Crippen LogP contribution in [0.4, 0.5) is 0 Å². The first kappa shape index (κ1) is 13.0. The lowest BCUT2D eigenvalue weighted by molar-refractivity contribution is -0.0300. The molecular formula is C13H27NO. The van der Waals surface area contributed by atoms with E-state index in [1.165, 1.54) is 25.9 Å². The van der Waals surface area contributed by atoms with Crippen LogP contribution in [0.25, 0.3) is 0 Å². The van der Waals surface area contributed by atoms with Crippen LogP contribution >= 0.6 is 0 Å². The summed E-state index contributed by atoms with van der Waals surface area (Å²) in [5.74, 6) is 0.793. The second-order valence-corrected chi connectivity index (χ2v) is 6.41. The molecule has 1 aliphatic heterocycles. The Bertz CT molecular complexity index is 189. The van der Waals surface area contributed by atoms with Crippen LogP contribution in [0.1, 0.15) is 47.5 Å². The molecule has 0 unspecified atom stereocenters. The lowest BCUT2D eigenvalue weighted by Crippen LogP contribution is -2.54. The van der Waals surface area contributed by atoms with E-state index < -0.39 is 0 Å². The zero-order valence-corrected chi connectivity index (χ0v) is 11.0. The van der Waals surface area contributed by atoms with Gasteiger partial charge in [-0.15, -0.1) is 0 Å². The summed E-state index contributed by atoms with van der Waals surface area (Å²) in [5, 5.41) is 3.40. The van der Waals surface area contributed by atoms with Crippen molar-refractivity contribution in [2.24, 2.45) is 11.3 Å². The molecule has 0 aromatic rings. The van der Waals surface area contributed by atoms with E-state index in [1.54, 1.807) is 0 Å². The largest absolute Gasteiger partial charge is 0.376 e. The van der Waals surface area contributed by atoms with E-state index in [0.717, 1.165) is 12.5 Å². The van der Waals surface area contributed by atoms with E-state index in [2.05, 4.69) is 39.9 Å². The molecular weight excluding hydrogens is 186 g/mol. The maximum absolute atomic E-state index is 5.81. The van der Waals surface area contributed by atoms with Gasteiger partial charge in [-0.2, -0.15) is 0 Å². The minimum Gasteiger partial charge on any atom is -0.376 e. The molecule has 2 heteroatoms. The Morgan fingerprint density at radius 2 is 1.87 bits per heavy atom. The zero-order chi connectivity index (χ0) is 11.5. The first-order valence-corrected chi connectivity index (χ1v) is 6.18. The maximum Gasteiger partial charge on any atom is 0.0598 e. The monoisotopic (exact) mass is 213 g/mol. The van der Waals surface area contributed by atoms with Crippen molar-refractivity contribution in [2.75, 3.05) is 19.7 Å². The highest BCUT2D eigenvalue weighted by Gasteiger charge is 2.37. The standard InChI is InChI=1S/C13H27NO/c1-11(2)8-13(9-14-10-13)6-7-15-12(3,4)5/h11,14H,6-10H2,1-5H3. The highest BCUT2D eigenvalue weighted by molar-refractivity contribution is 4.92. The third-order valence-electron chi connectivity index (χ3n) is 3.01. The van der Waals surface area contributed by atoms with Gasteiger partial charge in [0.25, 0.3) is 0 Å². The van der Waals surface area contributed by atoms with Gasteiger partial charge >= 0.3 is 0 Å². The molecule has 0 atom stereocenters. The number of nitrogens with one attached hydrogen (secondary N) is 1. The Morgan fingerprint density at radius 1 is 1.27 bits per heavy atom. The Balaban J connectivity index is 2.28. The summed E-state index contributed by atoms with van der Waals surface area (Å²) in [6.07, 6.45) is 2.53. The van der Waals surface area contributed by atoms with E-state index in [-0.39, 0.29) is 5.60 Å². The lowest BCUT2D eigenvalue weighted by atomic mass is 9.73. The van der Waals surface area contributed by atoms with Gasteiger partial charge < -0.3 is 10.1 Å². The van der Waals surface area contributed by atoms with Gasteiger partial charge in [0.2, 0.25) is 0 Å². The van der Waals surface area contributed by atoms with E-state index in [1.807, 2.05) is 0 Å². The Labute approximate surface area is 94.8 Å². The molecule has 0 spiro atoms. The smallest absolute Gasteiger partial charge is 0.0598 e. The van der Waals surface area contributed by atoms with Crippen molar-refractivity contribution in [3.05, 3.63) is 0 Å². The Kier molecular flexibility index (Phi) is 4.19. The van der Waals surface area contributed by atoms with E-state index in [4.69, 9.17) is 4.74 Å². The molecule has 1 rings (SSSR count). The summed E-state index contributed by atoms with van der Waals surface area (Å²) in [4.78, 5) is 0. The van der Waals surface area contributed by atoms with Crippen molar-refractivity contribution in [3.63, 3.8) is 0 Å². The average Bonchev–Trinajstić information content (AvgIpc) is 1.96. The Hall–Kier alpha value is -0.0800. The molecule has 2 nitrogen and oxygen atoms in total. The quantitative estimate of drug-likeness (QED) is 0.758. The van der Waals surface area contributed by atoms with E-state index in [0.29, 0.717) is 5.41 Å². The third-order valence-corrected chi connectivity index (χ3v) is 3.01. The van der Waals surface area contributed by atoms with E-state index in [9.17, 15) is 0 Å². The Morgan fingerprint density at radius 3 is 2.20 bits per heavy atom. The predicted molar refractivity (Wildman–Crippen MR) is 65.1 cm³/mol. The minimum absolute atomic E-state index is 0.0101. The van der Waals surface area contributed by atoms with Gasteiger partial charge in [-0.3, -0.25) is 0 Å². The molecule has 1 saturated heterocycles. The van der Waals surface area contributed by atoms with Crippen molar-refractivity contribution in [1.29, 1.82) is 0 Å². The maximum atomic E-state index is 5.81. The van der Waals surface area contributed by atoms with Gasteiger partial charge in [0.1, 0.15) is 0 Å². The average molecular weight is 213 g/mol.